The monoisotopic (exact) mass is 696 g/mol. The molecule has 0 amide bonds. The van der Waals surface area contributed by atoms with Crippen LogP contribution in [0.25, 0.3) is 0 Å². The summed E-state index contributed by atoms with van der Waals surface area (Å²) in [6.45, 7) is -0.402. The Morgan fingerprint density at radius 2 is 1.58 bits per heavy atom. The van der Waals surface area contributed by atoms with E-state index in [1.165, 1.54) is 0 Å². The molecule has 102 valence electrons. The van der Waals surface area contributed by atoms with Gasteiger partial charge in [-0.25, -0.2) is 0 Å². The van der Waals surface area contributed by atoms with Crippen LogP contribution in [0.15, 0.2) is 30.3 Å². The molecule has 1 aromatic rings. The predicted molar refractivity (Wildman–Crippen MR) is 61.9 cm³/mol. The fourth-order valence-corrected chi connectivity index (χ4v) is 1.16. The van der Waals surface area contributed by atoms with Crippen LogP contribution in [0.4, 0.5) is 0 Å². The average molecular weight is 696 g/mol. The van der Waals surface area contributed by atoms with Crippen LogP contribution in [0.2, 0.25) is 0 Å². The Morgan fingerprint density at radius 1 is 0.947 bits per heavy atom. The summed E-state index contributed by atoms with van der Waals surface area (Å²) in [5.41, 5.74) is 0. The zero-order valence-corrected chi connectivity index (χ0v) is 20.2. The van der Waals surface area contributed by atoms with Crippen LogP contribution >= 0.6 is 0 Å². The van der Waals surface area contributed by atoms with Crippen molar-refractivity contribution in [3.63, 3.8) is 0 Å². The summed E-state index contributed by atoms with van der Waals surface area (Å²) in [6.07, 6.45) is -1.45. The van der Waals surface area contributed by atoms with Crippen molar-refractivity contribution >= 4 is 0 Å². The van der Waals surface area contributed by atoms with Crippen molar-refractivity contribution in [2.75, 3.05) is 26.4 Å². The van der Waals surface area contributed by atoms with Crippen LogP contribution in [-0.2, 0) is 4.74 Å². The van der Waals surface area contributed by atoms with E-state index in [4.69, 9.17) is 24.8 Å². The van der Waals surface area contributed by atoms with Gasteiger partial charge in [0, 0.05) is 88.1 Å². The summed E-state index contributed by atoms with van der Waals surface area (Å²) < 4.78 is 10.6. The first-order valence-corrected chi connectivity index (χ1v) is 5.45. The molecule has 19 heavy (non-hydrogen) atoms. The van der Waals surface area contributed by atoms with E-state index in [1.807, 2.05) is 18.2 Å². The molecule has 0 aromatic heterocycles. The normalized spacial score (nSPS) is 12.8. The van der Waals surface area contributed by atoms with Gasteiger partial charge in [-0.05, 0) is 12.1 Å². The van der Waals surface area contributed by atoms with Crippen LogP contribution < -0.4 is 4.74 Å². The van der Waals surface area contributed by atoms with Crippen LogP contribution in [0.1, 0.15) is 0 Å². The average Bonchev–Trinajstić information content (AvgIpc) is 2.39. The molecule has 0 saturated carbocycles. The van der Waals surface area contributed by atoms with E-state index in [2.05, 4.69) is 0 Å². The van der Waals surface area contributed by atoms with Gasteiger partial charge in [0.2, 0.25) is 0 Å². The number of hydrogen-bond acceptors (Lipinski definition) is 5. The molecule has 0 aliphatic rings. The minimum Gasteiger partial charge on any atom is -0.491 e. The topological polar surface area (TPSA) is 79.2 Å². The van der Waals surface area contributed by atoms with Gasteiger partial charge in [-0.3, -0.25) is 0 Å². The molecule has 1 rings (SSSR count). The van der Waals surface area contributed by atoms with Gasteiger partial charge in [0.25, 0.3) is 0 Å². The third kappa shape index (κ3) is 11.0. The maximum Gasteiger partial charge on any atom is 0.119 e. The smallest absolute Gasteiger partial charge is 0.119 e. The molecule has 0 heterocycles. The van der Waals surface area contributed by atoms with E-state index in [0.717, 1.165) is 0 Å². The summed E-state index contributed by atoms with van der Waals surface area (Å²) in [5, 5.41) is 26.7. The zero-order chi connectivity index (χ0) is 12.5. The molecule has 0 fully saturated rings. The molecule has 7 heteroatoms. The molecule has 5 nitrogen and oxygen atoms in total. The van der Waals surface area contributed by atoms with E-state index in [1.54, 1.807) is 12.1 Å². The summed E-state index contributed by atoms with van der Waals surface area (Å²) in [5.74, 6) is 0.692. The van der Waals surface area contributed by atoms with Crippen LogP contribution in [-0.4, -0.2) is 54.0 Å². The molecular weight excluding hydrogens is 678 g/mol. The van der Waals surface area contributed by atoms with Crippen molar-refractivity contribution in [2.45, 2.75) is 12.2 Å². The van der Waals surface area contributed by atoms with E-state index in [9.17, 15) is 0 Å². The second-order valence-corrected chi connectivity index (χ2v) is 3.60. The van der Waals surface area contributed by atoms with Crippen LogP contribution in [0.5, 0.6) is 5.75 Å². The first-order chi connectivity index (χ1) is 8.26. The third-order valence-corrected chi connectivity index (χ3v) is 2.12. The Morgan fingerprint density at radius 3 is 2.11 bits per heavy atom. The largest absolute Gasteiger partial charge is 0.491 e. The Kier molecular flexibility index (Phi) is 17.8. The van der Waals surface area contributed by atoms with Crippen LogP contribution in [0.3, 0.4) is 0 Å². The molecule has 2 atom stereocenters. The molecular formula is C12H18Ac2O5. The van der Waals surface area contributed by atoms with Gasteiger partial charge in [-0.2, -0.15) is 0 Å². The van der Waals surface area contributed by atoms with Crippen molar-refractivity contribution in [1.29, 1.82) is 0 Å². The van der Waals surface area contributed by atoms with Crippen molar-refractivity contribution in [2.24, 2.45) is 0 Å². The van der Waals surface area contributed by atoms with E-state index >= 15 is 0 Å². The van der Waals surface area contributed by atoms with Crippen LogP contribution in [0, 0.1) is 88.1 Å². The Labute approximate surface area is 184 Å². The van der Waals surface area contributed by atoms with Crippen molar-refractivity contribution in [3.05, 3.63) is 30.3 Å². The Balaban J connectivity index is 0. The fraction of sp³-hybridized carbons (Fsp3) is 0.500. The Hall–Kier alpha value is 1.74. The van der Waals surface area contributed by atoms with Crippen molar-refractivity contribution < 1.29 is 113 Å². The van der Waals surface area contributed by atoms with E-state index in [-0.39, 0.29) is 115 Å². The first-order valence-electron chi connectivity index (χ1n) is 5.45. The molecule has 0 aliphatic carbocycles. The maximum absolute atomic E-state index is 9.09. The molecule has 2 radical (unpaired) electrons. The number of hydrogen-bond donors (Lipinski definition) is 3. The van der Waals surface area contributed by atoms with Crippen molar-refractivity contribution in [1.82, 2.24) is 0 Å². The molecule has 0 aliphatic heterocycles. The maximum atomic E-state index is 9.09. The molecule has 3 N–H and O–H groups in total. The Bertz CT molecular complexity index is 299. The predicted octanol–water partition coefficient (Wildman–Crippen LogP) is -0.204. The fourth-order valence-electron chi connectivity index (χ4n) is 1.16. The molecule has 0 saturated heterocycles. The summed E-state index contributed by atoms with van der Waals surface area (Å²) in [7, 11) is 0. The van der Waals surface area contributed by atoms with Crippen molar-refractivity contribution in [3.8, 4) is 5.75 Å². The number of rotatable bonds is 8. The number of aliphatic hydroxyl groups is 3. The summed E-state index contributed by atoms with van der Waals surface area (Å²) in [6, 6.07) is 9.18. The van der Waals surface area contributed by atoms with E-state index < -0.39 is 12.2 Å². The SMILES string of the molecule is OCC(O)COC(CO)COc1ccccc1.[Ac].[Ac]. The number of benzene rings is 1. The third-order valence-electron chi connectivity index (χ3n) is 2.12. The second kappa shape index (κ2) is 14.7. The minimum absolute atomic E-state index is 0. The number of aliphatic hydroxyl groups excluding tert-OH is 3. The number of para-hydroxylation sites is 1. The zero-order valence-electron chi connectivity index (χ0n) is 10.7. The van der Waals surface area contributed by atoms with Gasteiger partial charge >= 0.3 is 0 Å². The molecule has 1 aromatic carbocycles. The quantitative estimate of drug-likeness (QED) is 0.352. The standard InChI is InChI=1S/C12H18O5.2Ac/c13-6-10(15)8-16-12(7-14)9-17-11-4-2-1-3-5-11;;/h1-5,10,12-15H,6-9H2;;. The molecule has 2 unspecified atom stereocenters. The van der Waals surface area contributed by atoms with Gasteiger partial charge < -0.3 is 24.8 Å². The molecule has 0 spiro atoms. The summed E-state index contributed by atoms with van der Waals surface area (Å²) >= 11 is 0. The molecule has 0 bridgehead atoms. The summed E-state index contributed by atoms with van der Waals surface area (Å²) in [4.78, 5) is 0. The number of ether oxygens (including phenoxy) is 2. The minimum atomic E-state index is -0.930. The van der Waals surface area contributed by atoms with Gasteiger partial charge in [-0.1, -0.05) is 18.2 Å². The van der Waals surface area contributed by atoms with Gasteiger partial charge in [0.05, 0.1) is 19.8 Å². The second-order valence-electron chi connectivity index (χ2n) is 3.60. The van der Waals surface area contributed by atoms with E-state index in [0.29, 0.717) is 5.75 Å². The first kappa shape index (κ1) is 23.0. The van der Waals surface area contributed by atoms with Gasteiger partial charge in [-0.15, -0.1) is 0 Å². The van der Waals surface area contributed by atoms with Gasteiger partial charge in [0.1, 0.15) is 24.6 Å². The van der Waals surface area contributed by atoms with Gasteiger partial charge in [0.15, 0.2) is 0 Å².